The number of hydrogen-bond donors (Lipinski definition) is 3. The van der Waals surface area contributed by atoms with Crippen LogP contribution in [0.15, 0.2) is 0 Å². The summed E-state index contributed by atoms with van der Waals surface area (Å²) >= 11 is 0. The zero-order valence-corrected chi connectivity index (χ0v) is 10.7. The number of nitrogens with one attached hydrogen (secondary N) is 3. The highest BCUT2D eigenvalue weighted by atomic mass is 15.1. The molecule has 0 heterocycles. The highest BCUT2D eigenvalue weighted by Crippen LogP contribution is 2.59. The summed E-state index contributed by atoms with van der Waals surface area (Å²) in [7, 11) is 6.42. The van der Waals surface area contributed by atoms with Crippen LogP contribution in [0, 0.1) is 5.92 Å². The van der Waals surface area contributed by atoms with E-state index in [1.54, 1.807) is 5.92 Å². The molecule has 1 radical (unpaired) electrons. The van der Waals surface area contributed by atoms with Gasteiger partial charge in [0.05, 0.1) is 0 Å². The molecule has 0 aliphatic heterocycles. The van der Waals surface area contributed by atoms with Crippen LogP contribution in [-0.2, 0) is 0 Å². The minimum absolute atomic E-state index is 0.357. The van der Waals surface area contributed by atoms with E-state index in [4.69, 9.17) is 0 Å². The van der Waals surface area contributed by atoms with Crippen molar-refractivity contribution in [3.8, 4) is 0 Å². The maximum absolute atomic E-state index is 3.63. The van der Waals surface area contributed by atoms with Crippen molar-refractivity contribution in [3.05, 3.63) is 5.92 Å². The summed E-state index contributed by atoms with van der Waals surface area (Å²) in [5.74, 6) is 1.77. The summed E-state index contributed by atoms with van der Waals surface area (Å²) in [5, 5.41) is 10.9. The van der Waals surface area contributed by atoms with E-state index in [1.165, 1.54) is 38.5 Å². The second kappa shape index (κ2) is 3.21. The van der Waals surface area contributed by atoms with Crippen molar-refractivity contribution in [2.75, 3.05) is 21.1 Å². The molecule has 0 unspecified atom stereocenters. The van der Waals surface area contributed by atoms with Crippen molar-refractivity contribution in [1.29, 1.82) is 0 Å². The first kappa shape index (κ1) is 11.0. The summed E-state index contributed by atoms with van der Waals surface area (Å²) < 4.78 is 0. The smallest absolute Gasteiger partial charge is 0.0219 e. The van der Waals surface area contributed by atoms with Crippen molar-refractivity contribution in [1.82, 2.24) is 16.0 Å². The first-order valence-corrected chi connectivity index (χ1v) is 6.49. The molecular weight excluding hydrogens is 198 g/mol. The molecule has 0 aromatic carbocycles. The largest absolute Gasteiger partial charge is 0.314 e. The van der Waals surface area contributed by atoms with Crippen molar-refractivity contribution in [2.45, 2.75) is 55.1 Å². The van der Waals surface area contributed by atoms with Crippen LogP contribution in [-0.4, -0.2) is 37.8 Å². The molecule has 4 saturated carbocycles. The van der Waals surface area contributed by atoms with Crippen molar-refractivity contribution >= 4 is 0 Å². The van der Waals surface area contributed by atoms with Crippen LogP contribution in [0.25, 0.3) is 0 Å². The molecule has 3 heteroatoms. The van der Waals surface area contributed by atoms with Crippen LogP contribution in [0.1, 0.15) is 38.5 Å². The molecule has 16 heavy (non-hydrogen) atoms. The summed E-state index contributed by atoms with van der Waals surface area (Å²) in [5.41, 5.74) is 1.07. The Morgan fingerprint density at radius 3 is 1.25 bits per heavy atom. The maximum atomic E-state index is 3.63. The normalized spacial score (nSPS) is 51.2. The summed E-state index contributed by atoms with van der Waals surface area (Å²) in [6.07, 6.45) is 7.78. The number of hydrogen-bond acceptors (Lipinski definition) is 3. The van der Waals surface area contributed by atoms with Gasteiger partial charge in [-0.25, -0.2) is 0 Å². The van der Waals surface area contributed by atoms with Gasteiger partial charge in [0.2, 0.25) is 0 Å². The first-order chi connectivity index (χ1) is 7.59. The van der Waals surface area contributed by atoms with E-state index >= 15 is 0 Å². The Labute approximate surface area is 98.8 Å². The van der Waals surface area contributed by atoms with E-state index in [1.807, 2.05) is 0 Å². The second-order valence-electron chi connectivity index (χ2n) is 6.40. The van der Waals surface area contributed by atoms with Gasteiger partial charge in [-0.15, -0.1) is 0 Å². The maximum Gasteiger partial charge on any atom is 0.0219 e. The van der Waals surface area contributed by atoms with Gasteiger partial charge < -0.3 is 16.0 Å². The van der Waals surface area contributed by atoms with Crippen LogP contribution >= 0.6 is 0 Å². The summed E-state index contributed by atoms with van der Waals surface area (Å²) in [6, 6.07) is 0. The van der Waals surface area contributed by atoms with Crippen LogP contribution in [0.4, 0.5) is 0 Å². The van der Waals surface area contributed by atoms with Gasteiger partial charge in [0.15, 0.2) is 0 Å². The van der Waals surface area contributed by atoms with Gasteiger partial charge in [-0.1, -0.05) is 0 Å². The molecule has 0 spiro atoms. The zero-order valence-electron chi connectivity index (χ0n) is 10.7. The third-order valence-corrected chi connectivity index (χ3v) is 5.39. The van der Waals surface area contributed by atoms with Gasteiger partial charge >= 0.3 is 0 Å². The quantitative estimate of drug-likeness (QED) is 0.661. The van der Waals surface area contributed by atoms with Crippen molar-refractivity contribution in [3.63, 3.8) is 0 Å². The first-order valence-electron chi connectivity index (χ1n) is 6.49. The molecule has 91 valence electrons. The van der Waals surface area contributed by atoms with Crippen LogP contribution in [0.3, 0.4) is 0 Å². The fourth-order valence-electron chi connectivity index (χ4n) is 4.92. The Bertz CT molecular complexity index is 246. The molecule has 0 aromatic heterocycles. The predicted molar refractivity (Wildman–Crippen MR) is 66.3 cm³/mol. The van der Waals surface area contributed by atoms with E-state index in [2.05, 4.69) is 37.1 Å². The second-order valence-corrected chi connectivity index (χ2v) is 6.40. The molecule has 3 N–H and O–H groups in total. The lowest BCUT2D eigenvalue weighted by Crippen LogP contribution is -2.74. The molecular formula is C13H24N3. The van der Waals surface area contributed by atoms with E-state index in [9.17, 15) is 0 Å². The van der Waals surface area contributed by atoms with Gasteiger partial charge in [-0.05, 0) is 65.6 Å². The van der Waals surface area contributed by atoms with Gasteiger partial charge in [0, 0.05) is 16.6 Å². The molecule has 4 aliphatic rings. The molecule has 0 saturated heterocycles. The highest BCUT2D eigenvalue weighted by Gasteiger charge is 2.62. The molecule has 4 fully saturated rings. The van der Waals surface area contributed by atoms with Crippen LogP contribution in [0.5, 0.6) is 0 Å². The van der Waals surface area contributed by atoms with E-state index in [0.717, 1.165) is 0 Å². The van der Waals surface area contributed by atoms with E-state index in [-0.39, 0.29) is 0 Å². The molecule has 0 amide bonds. The van der Waals surface area contributed by atoms with E-state index < -0.39 is 0 Å². The average molecular weight is 222 g/mol. The summed E-state index contributed by atoms with van der Waals surface area (Å²) in [6.45, 7) is 0. The van der Waals surface area contributed by atoms with Gasteiger partial charge in [-0.3, -0.25) is 0 Å². The Morgan fingerprint density at radius 2 is 1.00 bits per heavy atom. The predicted octanol–water partition coefficient (Wildman–Crippen LogP) is 0.817. The fraction of sp³-hybridized carbons (Fsp3) is 0.923. The lowest BCUT2D eigenvalue weighted by molar-refractivity contribution is -0.0195. The van der Waals surface area contributed by atoms with Crippen LogP contribution in [0.2, 0.25) is 0 Å². The minimum atomic E-state index is 0.357. The van der Waals surface area contributed by atoms with Crippen molar-refractivity contribution < 1.29 is 0 Å². The monoisotopic (exact) mass is 222 g/mol. The lowest BCUT2D eigenvalue weighted by Gasteiger charge is -2.66. The Morgan fingerprint density at radius 1 is 0.688 bits per heavy atom. The zero-order chi connectivity index (χ0) is 11.4. The topological polar surface area (TPSA) is 36.1 Å². The molecule has 4 bridgehead atoms. The Kier molecular flexibility index (Phi) is 2.21. The molecule has 4 rings (SSSR count). The van der Waals surface area contributed by atoms with Gasteiger partial charge in [0.1, 0.15) is 0 Å². The van der Waals surface area contributed by atoms with E-state index in [0.29, 0.717) is 16.6 Å². The highest BCUT2D eigenvalue weighted by molar-refractivity contribution is 5.30. The SMILES string of the molecule is CNC12C[C]3CC(NC)(C1)CC(NC)(C3)C2. The molecule has 3 nitrogen and oxygen atoms in total. The molecule has 0 atom stereocenters. The molecule has 0 aromatic rings. The lowest BCUT2D eigenvalue weighted by atomic mass is 9.47. The average Bonchev–Trinajstić information content (AvgIpc) is 2.28. The third kappa shape index (κ3) is 1.31. The number of rotatable bonds is 3. The van der Waals surface area contributed by atoms with Crippen molar-refractivity contribution in [2.24, 2.45) is 0 Å². The van der Waals surface area contributed by atoms with Gasteiger partial charge in [0.25, 0.3) is 0 Å². The molecule has 4 aliphatic carbocycles. The van der Waals surface area contributed by atoms with Crippen LogP contribution < -0.4 is 16.0 Å². The minimum Gasteiger partial charge on any atom is -0.314 e. The fourth-order valence-corrected chi connectivity index (χ4v) is 4.92. The third-order valence-electron chi connectivity index (χ3n) is 5.39. The standard InChI is InChI=1S/C13H24N3/c1-14-11-4-10-5-12(7-11,15-2)9-13(6-10,8-11)16-3/h14-16H,4-9H2,1-3H3. The Hall–Kier alpha value is -0.120. The Balaban J connectivity index is 1.99. The summed E-state index contributed by atoms with van der Waals surface area (Å²) in [4.78, 5) is 0. The van der Waals surface area contributed by atoms with Gasteiger partial charge in [-0.2, -0.15) is 0 Å².